The van der Waals surface area contributed by atoms with E-state index in [9.17, 15) is 4.79 Å². The average molecular weight is 240 g/mol. The van der Waals surface area contributed by atoms with E-state index in [2.05, 4.69) is 5.32 Å². The molecule has 0 radical (unpaired) electrons. The molecule has 0 saturated carbocycles. The van der Waals surface area contributed by atoms with Gasteiger partial charge in [-0.25, -0.2) is 0 Å². The first-order valence-corrected chi connectivity index (χ1v) is 5.53. The molecule has 5 nitrogen and oxygen atoms in total. The molecule has 0 aliphatic rings. The number of hydrogen-bond donors (Lipinski definition) is 1. The third-order valence-corrected chi connectivity index (χ3v) is 2.44. The molecular formula is C12H20N2O3. The maximum atomic E-state index is 11.5. The number of nitrogens with one attached hydrogen (secondary N) is 1. The van der Waals surface area contributed by atoms with Crippen LogP contribution in [0.2, 0.25) is 0 Å². The summed E-state index contributed by atoms with van der Waals surface area (Å²) in [5.74, 6) is 1.66. The van der Waals surface area contributed by atoms with Crippen LogP contribution in [-0.4, -0.2) is 45.2 Å². The number of hydrogen-bond acceptors (Lipinski definition) is 4. The van der Waals surface area contributed by atoms with Gasteiger partial charge in [-0.15, -0.1) is 0 Å². The first-order chi connectivity index (χ1) is 8.04. The highest BCUT2D eigenvalue weighted by Crippen LogP contribution is 2.16. The predicted octanol–water partition coefficient (Wildman–Crippen LogP) is 0.953. The molecule has 1 N–H and O–H groups in total. The molecule has 0 fully saturated rings. The van der Waals surface area contributed by atoms with E-state index in [-0.39, 0.29) is 18.5 Å². The van der Waals surface area contributed by atoms with Gasteiger partial charge in [0.1, 0.15) is 11.5 Å². The van der Waals surface area contributed by atoms with E-state index < -0.39 is 0 Å². The second kappa shape index (κ2) is 6.42. The lowest BCUT2D eigenvalue weighted by molar-refractivity contribution is -0.127. The molecule has 1 unspecified atom stereocenters. The number of furan rings is 1. The second-order valence-corrected chi connectivity index (χ2v) is 4.13. The van der Waals surface area contributed by atoms with Crippen molar-refractivity contribution in [3.63, 3.8) is 0 Å². The van der Waals surface area contributed by atoms with Crippen LogP contribution in [0, 0.1) is 6.92 Å². The number of ether oxygens (including phenoxy) is 1. The molecule has 0 aromatic carbocycles. The van der Waals surface area contributed by atoms with Crippen molar-refractivity contribution < 1.29 is 13.9 Å². The Kier molecular flexibility index (Phi) is 5.18. The lowest BCUT2D eigenvalue weighted by atomic mass is 10.2. The largest absolute Gasteiger partial charge is 0.465 e. The molecule has 0 aliphatic carbocycles. The molecule has 1 heterocycles. The summed E-state index contributed by atoms with van der Waals surface area (Å²) in [5.41, 5.74) is 0. The van der Waals surface area contributed by atoms with Crippen molar-refractivity contribution in [3.05, 3.63) is 23.7 Å². The summed E-state index contributed by atoms with van der Waals surface area (Å²) in [4.78, 5) is 13.0. The van der Waals surface area contributed by atoms with E-state index in [0.29, 0.717) is 6.61 Å². The summed E-state index contributed by atoms with van der Waals surface area (Å²) in [6, 6.07) is 3.69. The summed E-state index contributed by atoms with van der Waals surface area (Å²) in [6.45, 7) is 2.62. The zero-order chi connectivity index (χ0) is 12.8. The zero-order valence-corrected chi connectivity index (χ0v) is 10.8. The van der Waals surface area contributed by atoms with Gasteiger partial charge in [-0.1, -0.05) is 0 Å². The highest BCUT2D eigenvalue weighted by molar-refractivity contribution is 5.77. The summed E-state index contributed by atoms with van der Waals surface area (Å²) in [6.07, 6.45) is 0. The van der Waals surface area contributed by atoms with E-state index in [0.717, 1.165) is 11.5 Å². The number of amides is 1. The molecule has 1 rings (SSSR count). The van der Waals surface area contributed by atoms with Gasteiger partial charge in [-0.2, -0.15) is 0 Å². The summed E-state index contributed by atoms with van der Waals surface area (Å²) >= 11 is 0. The molecular weight excluding hydrogens is 220 g/mol. The Morgan fingerprint density at radius 1 is 1.53 bits per heavy atom. The Morgan fingerprint density at radius 2 is 2.24 bits per heavy atom. The van der Waals surface area contributed by atoms with Gasteiger partial charge < -0.3 is 14.1 Å². The van der Waals surface area contributed by atoms with Crippen LogP contribution >= 0.6 is 0 Å². The van der Waals surface area contributed by atoms with Crippen LogP contribution in [0.25, 0.3) is 0 Å². The molecule has 5 heteroatoms. The molecule has 0 spiro atoms. The standard InChI is InChI=1S/C12H20N2O3/c1-9-5-6-11(17-9)10(8-16-4)13-7-12(15)14(2)3/h5-6,10,13H,7-8H2,1-4H3. The SMILES string of the molecule is COCC(NCC(=O)N(C)C)c1ccc(C)o1. The third-order valence-electron chi connectivity index (χ3n) is 2.44. The van der Waals surface area contributed by atoms with Crippen molar-refractivity contribution >= 4 is 5.91 Å². The Labute approximate surface area is 102 Å². The average Bonchev–Trinajstić information content (AvgIpc) is 2.70. The van der Waals surface area contributed by atoms with E-state index in [4.69, 9.17) is 9.15 Å². The number of aryl methyl sites for hydroxylation is 1. The molecule has 1 aromatic rings. The highest BCUT2D eigenvalue weighted by Gasteiger charge is 2.16. The van der Waals surface area contributed by atoms with Crippen LogP contribution < -0.4 is 5.32 Å². The Bertz CT molecular complexity index is 360. The van der Waals surface area contributed by atoms with Gasteiger partial charge in [0.05, 0.1) is 19.2 Å². The van der Waals surface area contributed by atoms with Gasteiger partial charge in [-0.05, 0) is 19.1 Å². The van der Waals surface area contributed by atoms with Crippen LogP contribution in [0.3, 0.4) is 0 Å². The van der Waals surface area contributed by atoms with Crippen LogP contribution in [-0.2, 0) is 9.53 Å². The van der Waals surface area contributed by atoms with Crippen molar-refractivity contribution in [2.45, 2.75) is 13.0 Å². The quantitative estimate of drug-likeness (QED) is 0.804. The van der Waals surface area contributed by atoms with Crippen LogP contribution in [0.5, 0.6) is 0 Å². The van der Waals surface area contributed by atoms with Crippen LogP contribution in [0.1, 0.15) is 17.6 Å². The molecule has 1 aromatic heterocycles. The number of carbonyl (C=O) groups is 1. The molecule has 1 amide bonds. The summed E-state index contributed by atoms with van der Waals surface area (Å²) in [7, 11) is 5.08. The molecule has 0 saturated heterocycles. The maximum Gasteiger partial charge on any atom is 0.236 e. The van der Waals surface area contributed by atoms with Crippen molar-refractivity contribution in [1.29, 1.82) is 0 Å². The fourth-order valence-corrected chi connectivity index (χ4v) is 1.42. The minimum Gasteiger partial charge on any atom is -0.465 e. The second-order valence-electron chi connectivity index (χ2n) is 4.13. The van der Waals surface area contributed by atoms with E-state index in [1.54, 1.807) is 26.1 Å². The number of rotatable bonds is 6. The first-order valence-electron chi connectivity index (χ1n) is 5.53. The van der Waals surface area contributed by atoms with Gasteiger partial charge in [0.25, 0.3) is 0 Å². The molecule has 0 aliphatic heterocycles. The Morgan fingerprint density at radius 3 is 2.71 bits per heavy atom. The van der Waals surface area contributed by atoms with Crippen molar-refractivity contribution in [2.75, 3.05) is 34.4 Å². The first kappa shape index (κ1) is 13.7. The predicted molar refractivity (Wildman–Crippen MR) is 64.8 cm³/mol. The fourth-order valence-electron chi connectivity index (χ4n) is 1.42. The van der Waals surface area contributed by atoms with Gasteiger partial charge in [0, 0.05) is 21.2 Å². The van der Waals surface area contributed by atoms with Crippen molar-refractivity contribution in [2.24, 2.45) is 0 Å². The smallest absolute Gasteiger partial charge is 0.236 e. The maximum absolute atomic E-state index is 11.5. The van der Waals surface area contributed by atoms with E-state index in [1.807, 2.05) is 19.1 Å². The lowest BCUT2D eigenvalue weighted by Gasteiger charge is -2.17. The highest BCUT2D eigenvalue weighted by atomic mass is 16.5. The topological polar surface area (TPSA) is 54.7 Å². The molecule has 0 bridgehead atoms. The number of methoxy groups -OCH3 is 1. The lowest BCUT2D eigenvalue weighted by Crippen LogP contribution is -2.36. The molecule has 96 valence electrons. The third kappa shape index (κ3) is 4.20. The van der Waals surface area contributed by atoms with Gasteiger partial charge in [0.2, 0.25) is 5.91 Å². The minimum atomic E-state index is -0.0994. The monoisotopic (exact) mass is 240 g/mol. The number of carbonyl (C=O) groups excluding carboxylic acids is 1. The summed E-state index contributed by atoms with van der Waals surface area (Å²) < 4.78 is 10.6. The van der Waals surface area contributed by atoms with Crippen molar-refractivity contribution in [1.82, 2.24) is 10.2 Å². The normalized spacial score (nSPS) is 12.5. The van der Waals surface area contributed by atoms with Gasteiger partial charge in [0.15, 0.2) is 0 Å². The minimum absolute atomic E-state index is 0.0226. The van der Waals surface area contributed by atoms with E-state index in [1.165, 1.54) is 0 Å². The number of nitrogens with zero attached hydrogens (tertiary/aromatic N) is 1. The molecule has 1 atom stereocenters. The van der Waals surface area contributed by atoms with Crippen molar-refractivity contribution in [3.8, 4) is 0 Å². The van der Waals surface area contributed by atoms with Crippen LogP contribution in [0.15, 0.2) is 16.5 Å². The van der Waals surface area contributed by atoms with Crippen LogP contribution in [0.4, 0.5) is 0 Å². The summed E-state index contributed by atoms with van der Waals surface area (Å²) in [5, 5.41) is 3.12. The molecule has 17 heavy (non-hydrogen) atoms. The fraction of sp³-hybridized carbons (Fsp3) is 0.583. The van der Waals surface area contributed by atoms with Gasteiger partial charge >= 0.3 is 0 Å². The Balaban J connectivity index is 2.58. The van der Waals surface area contributed by atoms with E-state index >= 15 is 0 Å². The number of likely N-dealkylation sites (N-methyl/N-ethyl adjacent to an activating group) is 1. The van der Waals surface area contributed by atoms with Gasteiger partial charge in [-0.3, -0.25) is 10.1 Å². The zero-order valence-electron chi connectivity index (χ0n) is 10.8. The Hall–Kier alpha value is -1.33.